The van der Waals surface area contributed by atoms with Crippen molar-refractivity contribution in [3.63, 3.8) is 0 Å². The number of methoxy groups -OCH3 is 3. The van der Waals surface area contributed by atoms with Gasteiger partial charge in [-0.3, -0.25) is 4.90 Å². The highest BCUT2D eigenvalue weighted by Crippen LogP contribution is 2.38. The van der Waals surface area contributed by atoms with Crippen molar-refractivity contribution in [2.75, 3.05) is 41.0 Å². The fourth-order valence-corrected chi connectivity index (χ4v) is 3.22. The van der Waals surface area contributed by atoms with E-state index in [4.69, 9.17) is 19.9 Å². The quantitative estimate of drug-likeness (QED) is 0.547. The normalized spacial score (nSPS) is 18.2. The van der Waals surface area contributed by atoms with Crippen LogP contribution in [0, 0.1) is 0 Å². The molecule has 7 heteroatoms. The molecule has 0 saturated carbocycles. The van der Waals surface area contributed by atoms with Crippen LogP contribution in [0.1, 0.15) is 25.3 Å². The van der Waals surface area contributed by atoms with Crippen LogP contribution in [-0.2, 0) is 6.54 Å². The van der Waals surface area contributed by atoms with E-state index in [9.17, 15) is 0 Å². The van der Waals surface area contributed by atoms with Gasteiger partial charge in [0.05, 0.1) is 27.9 Å². The Morgan fingerprint density at radius 1 is 1.24 bits per heavy atom. The van der Waals surface area contributed by atoms with E-state index in [0.717, 1.165) is 18.7 Å². The minimum Gasteiger partial charge on any atom is -0.493 e. The van der Waals surface area contributed by atoms with Crippen molar-refractivity contribution in [1.29, 1.82) is 0 Å². The van der Waals surface area contributed by atoms with Crippen LogP contribution in [0.4, 0.5) is 0 Å². The summed E-state index contributed by atoms with van der Waals surface area (Å²) in [6.45, 7) is 5.72. The molecule has 1 aliphatic rings. The molecule has 1 unspecified atom stereocenters. The Kier molecular flexibility index (Phi) is 7.18. The zero-order chi connectivity index (χ0) is 18.2. The van der Waals surface area contributed by atoms with E-state index in [1.807, 2.05) is 12.1 Å². The first-order chi connectivity index (χ1) is 12.1. The fourth-order valence-electron chi connectivity index (χ4n) is 3.22. The van der Waals surface area contributed by atoms with Gasteiger partial charge in [-0.05, 0) is 43.6 Å². The first-order valence-corrected chi connectivity index (χ1v) is 8.69. The Labute approximate surface area is 150 Å². The van der Waals surface area contributed by atoms with Gasteiger partial charge in [0.25, 0.3) is 0 Å². The van der Waals surface area contributed by atoms with Crippen molar-refractivity contribution >= 4 is 5.96 Å². The summed E-state index contributed by atoms with van der Waals surface area (Å²) in [6.07, 6.45) is 2.46. The van der Waals surface area contributed by atoms with E-state index < -0.39 is 0 Å². The number of hydrogen-bond donors (Lipinski definition) is 2. The van der Waals surface area contributed by atoms with Crippen LogP contribution >= 0.6 is 0 Å². The van der Waals surface area contributed by atoms with Gasteiger partial charge >= 0.3 is 0 Å². The van der Waals surface area contributed by atoms with Gasteiger partial charge in [-0.1, -0.05) is 6.92 Å². The Bertz CT molecular complexity index is 567. The molecule has 0 radical (unpaired) electrons. The summed E-state index contributed by atoms with van der Waals surface area (Å²) >= 11 is 0. The molecule has 140 valence electrons. The molecule has 25 heavy (non-hydrogen) atoms. The molecule has 1 fully saturated rings. The standard InChI is InChI=1S/C18H30N4O3/c1-5-22-8-6-7-14(22)12-21-18(19)20-11-13-9-15(23-2)17(25-4)16(10-13)24-3/h9-10,14H,5-8,11-12H2,1-4H3,(H3,19,20,21). The summed E-state index contributed by atoms with van der Waals surface area (Å²) in [7, 11) is 4.78. The third-order valence-corrected chi connectivity index (χ3v) is 4.58. The minimum atomic E-state index is 0.442. The Hall–Kier alpha value is -2.15. The SMILES string of the molecule is CCN1CCCC1CNC(N)=NCc1cc(OC)c(OC)c(OC)c1. The minimum absolute atomic E-state index is 0.442. The Morgan fingerprint density at radius 2 is 1.92 bits per heavy atom. The van der Waals surface area contributed by atoms with Crippen LogP contribution in [0.2, 0.25) is 0 Å². The number of hydrogen-bond acceptors (Lipinski definition) is 5. The lowest BCUT2D eigenvalue weighted by atomic mass is 10.2. The number of likely N-dealkylation sites (N-methyl/N-ethyl adjacent to an activating group) is 1. The molecule has 3 N–H and O–H groups in total. The summed E-state index contributed by atoms with van der Waals surface area (Å²) < 4.78 is 16.0. The van der Waals surface area contributed by atoms with Crippen LogP contribution in [0.3, 0.4) is 0 Å². The zero-order valence-corrected chi connectivity index (χ0v) is 15.7. The lowest BCUT2D eigenvalue weighted by Crippen LogP contribution is -2.42. The van der Waals surface area contributed by atoms with Crippen molar-refractivity contribution < 1.29 is 14.2 Å². The molecule has 1 aliphatic heterocycles. The van der Waals surface area contributed by atoms with E-state index >= 15 is 0 Å². The highest BCUT2D eigenvalue weighted by molar-refractivity contribution is 5.77. The van der Waals surface area contributed by atoms with Crippen LogP contribution in [0.5, 0.6) is 17.2 Å². The van der Waals surface area contributed by atoms with Crippen molar-refractivity contribution in [1.82, 2.24) is 10.2 Å². The lowest BCUT2D eigenvalue weighted by Gasteiger charge is -2.23. The molecule has 1 atom stereocenters. The number of likely N-dealkylation sites (tertiary alicyclic amines) is 1. The highest BCUT2D eigenvalue weighted by Gasteiger charge is 2.22. The molecular weight excluding hydrogens is 320 g/mol. The first-order valence-electron chi connectivity index (χ1n) is 8.69. The summed E-state index contributed by atoms with van der Waals surface area (Å²) in [5, 5.41) is 3.24. The number of ether oxygens (including phenoxy) is 3. The van der Waals surface area contributed by atoms with Gasteiger partial charge in [-0.15, -0.1) is 0 Å². The van der Waals surface area contributed by atoms with E-state index in [2.05, 4.69) is 22.1 Å². The second-order valence-corrected chi connectivity index (χ2v) is 6.04. The number of benzene rings is 1. The molecular formula is C18H30N4O3. The van der Waals surface area contributed by atoms with Crippen LogP contribution in [0.15, 0.2) is 17.1 Å². The zero-order valence-electron chi connectivity index (χ0n) is 15.7. The molecule has 1 aromatic rings. The van der Waals surface area contributed by atoms with Gasteiger partial charge in [0.1, 0.15) is 0 Å². The van der Waals surface area contributed by atoms with Gasteiger partial charge in [-0.2, -0.15) is 0 Å². The third kappa shape index (κ3) is 4.92. The van der Waals surface area contributed by atoms with Crippen molar-refractivity contribution in [2.45, 2.75) is 32.4 Å². The van der Waals surface area contributed by atoms with E-state index in [1.54, 1.807) is 21.3 Å². The average molecular weight is 350 g/mol. The third-order valence-electron chi connectivity index (χ3n) is 4.58. The van der Waals surface area contributed by atoms with Gasteiger partial charge in [-0.25, -0.2) is 4.99 Å². The maximum Gasteiger partial charge on any atom is 0.203 e. The smallest absolute Gasteiger partial charge is 0.203 e. The maximum absolute atomic E-state index is 6.02. The number of nitrogens with one attached hydrogen (secondary N) is 1. The van der Waals surface area contributed by atoms with Gasteiger partial charge < -0.3 is 25.3 Å². The first kappa shape index (κ1) is 19.2. The monoisotopic (exact) mass is 350 g/mol. The number of rotatable bonds is 8. The highest BCUT2D eigenvalue weighted by atomic mass is 16.5. The topological polar surface area (TPSA) is 81.3 Å². The maximum atomic E-state index is 6.02. The second kappa shape index (κ2) is 9.36. The predicted octanol–water partition coefficient (Wildman–Crippen LogP) is 1.60. The molecule has 0 bridgehead atoms. The predicted molar refractivity (Wildman–Crippen MR) is 99.7 cm³/mol. The van der Waals surface area contributed by atoms with Crippen LogP contribution < -0.4 is 25.3 Å². The molecule has 0 aromatic heterocycles. The van der Waals surface area contributed by atoms with Crippen molar-refractivity contribution in [2.24, 2.45) is 10.7 Å². The largest absolute Gasteiger partial charge is 0.493 e. The summed E-state index contributed by atoms with van der Waals surface area (Å²) in [6, 6.07) is 4.31. The molecule has 0 aliphatic carbocycles. The average Bonchev–Trinajstić information content (AvgIpc) is 3.11. The second-order valence-electron chi connectivity index (χ2n) is 6.04. The van der Waals surface area contributed by atoms with Gasteiger partial charge in [0.15, 0.2) is 17.5 Å². The van der Waals surface area contributed by atoms with E-state index in [-0.39, 0.29) is 0 Å². The molecule has 2 rings (SSSR count). The molecule has 0 amide bonds. The van der Waals surface area contributed by atoms with Crippen molar-refractivity contribution in [3.8, 4) is 17.2 Å². The summed E-state index contributed by atoms with van der Waals surface area (Å²) in [5.41, 5.74) is 6.96. The van der Waals surface area contributed by atoms with Crippen LogP contribution in [0.25, 0.3) is 0 Å². The number of guanidine groups is 1. The van der Waals surface area contributed by atoms with E-state index in [1.165, 1.54) is 19.4 Å². The van der Waals surface area contributed by atoms with E-state index in [0.29, 0.717) is 35.8 Å². The molecule has 1 heterocycles. The Balaban J connectivity index is 1.98. The fraction of sp³-hybridized carbons (Fsp3) is 0.611. The number of nitrogens with two attached hydrogens (primary N) is 1. The summed E-state index contributed by atoms with van der Waals surface area (Å²) in [5.74, 6) is 2.26. The Morgan fingerprint density at radius 3 is 2.48 bits per heavy atom. The molecule has 1 saturated heterocycles. The number of nitrogens with zero attached hydrogens (tertiary/aromatic N) is 2. The van der Waals surface area contributed by atoms with Gasteiger partial charge in [0.2, 0.25) is 5.75 Å². The van der Waals surface area contributed by atoms with Crippen LogP contribution in [-0.4, -0.2) is 57.9 Å². The lowest BCUT2D eigenvalue weighted by molar-refractivity contribution is 0.267. The molecule has 7 nitrogen and oxygen atoms in total. The molecule has 1 aromatic carbocycles. The molecule has 0 spiro atoms. The summed E-state index contributed by atoms with van der Waals surface area (Å²) in [4.78, 5) is 6.90. The van der Waals surface area contributed by atoms with Gasteiger partial charge in [0, 0.05) is 12.6 Å². The van der Waals surface area contributed by atoms with Crippen molar-refractivity contribution in [3.05, 3.63) is 17.7 Å². The number of aliphatic imine (C=N–C) groups is 1.